The number of nitrogens with zero attached hydrogens (tertiary/aromatic N) is 5. The van der Waals surface area contributed by atoms with Crippen LogP contribution in [-0.2, 0) is 0 Å². The average Bonchev–Trinajstić information content (AvgIpc) is 3.33. The van der Waals surface area contributed by atoms with Crippen LogP contribution in [0.2, 0.25) is 0 Å². The van der Waals surface area contributed by atoms with Gasteiger partial charge in [0, 0.05) is 24.7 Å². The molecule has 1 amide bonds. The zero-order valence-electron chi connectivity index (χ0n) is 15.4. The van der Waals surface area contributed by atoms with Crippen LogP contribution in [0.5, 0.6) is 0 Å². The van der Waals surface area contributed by atoms with Gasteiger partial charge in [0.1, 0.15) is 11.5 Å². The van der Waals surface area contributed by atoms with Crippen LogP contribution >= 0.6 is 0 Å². The smallest absolute Gasteiger partial charge is 0.255 e. The Bertz CT molecular complexity index is 1060. The van der Waals surface area contributed by atoms with Crippen LogP contribution in [0.25, 0.3) is 16.7 Å². The molecule has 0 aromatic carbocycles. The number of carbonyl (C=O) groups excluding carboxylic acids is 1. The summed E-state index contributed by atoms with van der Waals surface area (Å²) in [5, 5.41) is 22.4. The number of hydrogen-bond acceptors (Lipinski definition) is 6. The molecule has 0 spiro atoms. The fourth-order valence-corrected chi connectivity index (χ4v) is 3.33. The fourth-order valence-electron chi connectivity index (χ4n) is 3.33. The molecule has 28 heavy (non-hydrogen) atoms. The zero-order valence-corrected chi connectivity index (χ0v) is 15.4. The minimum Gasteiger partial charge on any atom is -0.338 e. The number of amides is 1. The van der Waals surface area contributed by atoms with Gasteiger partial charge in [0.05, 0.1) is 30.0 Å². The first-order valence-corrected chi connectivity index (χ1v) is 9.00. The number of fused-ring (bicyclic) bond motifs is 1. The van der Waals surface area contributed by atoms with Crippen molar-refractivity contribution in [3.63, 3.8) is 0 Å². The molecule has 0 saturated carbocycles. The highest BCUT2D eigenvalue weighted by atomic mass is 16.2. The largest absolute Gasteiger partial charge is 0.338 e. The van der Waals surface area contributed by atoms with Gasteiger partial charge in [-0.25, -0.2) is 9.67 Å². The lowest BCUT2D eigenvalue weighted by Crippen LogP contribution is -2.28. The van der Waals surface area contributed by atoms with Crippen LogP contribution in [-0.4, -0.2) is 55.8 Å². The minimum absolute atomic E-state index is 0.00901. The van der Waals surface area contributed by atoms with Crippen molar-refractivity contribution in [1.82, 2.24) is 30.0 Å². The molecule has 9 nitrogen and oxygen atoms in total. The van der Waals surface area contributed by atoms with Gasteiger partial charge in [0.2, 0.25) is 0 Å². The van der Waals surface area contributed by atoms with Crippen LogP contribution in [0.1, 0.15) is 29.4 Å². The van der Waals surface area contributed by atoms with E-state index in [1.165, 1.54) is 0 Å². The number of rotatable bonds is 4. The molecule has 3 aromatic rings. The molecule has 1 saturated heterocycles. The maximum absolute atomic E-state index is 12.7. The van der Waals surface area contributed by atoms with Crippen LogP contribution < -0.4 is 5.32 Å². The Balaban J connectivity index is 1.60. The third-order valence-corrected chi connectivity index (χ3v) is 4.83. The molecule has 142 valence electrons. The van der Waals surface area contributed by atoms with Gasteiger partial charge in [-0.05, 0) is 30.5 Å². The van der Waals surface area contributed by atoms with Gasteiger partial charge in [-0.1, -0.05) is 6.92 Å². The Hall–Kier alpha value is -3.62. The molecule has 3 N–H and O–H groups in total. The van der Waals surface area contributed by atoms with Gasteiger partial charge in [-0.3, -0.25) is 20.6 Å². The molecule has 0 bridgehead atoms. The van der Waals surface area contributed by atoms with E-state index in [2.05, 4.69) is 27.3 Å². The zero-order chi connectivity index (χ0) is 19.7. The van der Waals surface area contributed by atoms with Crippen molar-refractivity contribution < 1.29 is 4.79 Å². The van der Waals surface area contributed by atoms with Gasteiger partial charge < -0.3 is 10.2 Å². The summed E-state index contributed by atoms with van der Waals surface area (Å²) in [5.74, 6) is 0.591. The van der Waals surface area contributed by atoms with Crippen LogP contribution in [0.3, 0.4) is 0 Å². The van der Waals surface area contributed by atoms with Crippen LogP contribution in [0, 0.1) is 16.7 Å². The normalized spacial score (nSPS) is 16.3. The predicted octanol–water partition coefficient (Wildman–Crippen LogP) is 1.82. The number of hydrogen-bond donors (Lipinski definition) is 3. The molecule has 0 aliphatic carbocycles. The predicted molar refractivity (Wildman–Crippen MR) is 105 cm³/mol. The van der Waals surface area contributed by atoms with E-state index in [1.807, 2.05) is 11.0 Å². The van der Waals surface area contributed by atoms with E-state index in [0.717, 1.165) is 31.2 Å². The molecule has 1 atom stereocenters. The molecule has 3 aromatic heterocycles. The quantitative estimate of drug-likeness (QED) is 0.473. The summed E-state index contributed by atoms with van der Waals surface area (Å²) in [7, 11) is 0. The number of pyridine rings is 2. The molecule has 0 unspecified atom stereocenters. The van der Waals surface area contributed by atoms with E-state index in [0.29, 0.717) is 28.5 Å². The topological polar surface area (TPSA) is 124 Å². The Labute approximate surface area is 161 Å². The molecule has 1 aliphatic heterocycles. The molecule has 4 rings (SSSR count). The molecular weight excluding hydrogens is 356 g/mol. The first kappa shape index (κ1) is 17.8. The van der Waals surface area contributed by atoms with Gasteiger partial charge >= 0.3 is 0 Å². The minimum atomic E-state index is 0.00901. The van der Waals surface area contributed by atoms with Crippen molar-refractivity contribution in [1.29, 1.82) is 10.8 Å². The summed E-state index contributed by atoms with van der Waals surface area (Å²) in [6, 6.07) is 5.28. The third-order valence-electron chi connectivity index (χ3n) is 4.83. The summed E-state index contributed by atoms with van der Waals surface area (Å²) in [6.45, 7) is 3.73. The number of aromatic nitrogens is 4. The van der Waals surface area contributed by atoms with E-state index in [-0.39, 0.29) is 11.7 Å². The van der Waals surface area contributed by atoms with E-state index >= 15 is 0 Å². The number of carbonyl (C=O) groups is 1. The van der Waals surface area contributed by atoms with E-state index < -0.39 is 0 Å². The fraction of sp³-hybridized carbons (Fsp3) is 0.263. The second kappa shape index (κ2) is 7.18. The van der Waals surface area contributed by atoms with Crippen molar-refractivity contribution in [2.75, 3.05) is 13.1 Å². The summed E-state index contributed by atoms with van der Waals surface area (Å²) < 4.78 is 1.64. The lowest BCUT2D eigenvalue weighted by atomic mass is 10.2. The third kappa shape index (κ3) is 3.22. The molecule has 1 aliphatic rings. The van der Waals surface area contributed by atoms with E-state index in [4.69, 9.17) is 10.8 Å². The Morgan fingerprint density at radius 2 is 2.14 bits per heavy atom. The van der Waals surface area contributed by atoms with Crippen molar-refractivity contribution >= 4 is 29.1 Å². The molecule has 0 radical (unpaired) electrons. The summed E-state index contributed by atoms with van der Waals surface area (Å²) in [6.07, 6.45) is 6.84. The first-order valence-electron chi connectivity index (χ1n) is 9.00. The lowest BCUT2D eigenvalue weighted by molar-refractivity contribution is 0.0788. The second-order valence-electron chi connectivity index (χ2n) is 6.90. The van der Waals surface area contributed by atoms with Crippen LogP contribution in [0.15, 0.2) is 36.8 Å². The standard InChI is InChI=1S/C19H20N8O/c1-12-4-5-26(10-12)19(28)14-6-13-8-25-27(18(13)23-7-14)15-2-3-16(22-9-15)17(21)24-11-20/h2-3,6-9,11-12H,4-5,10H2,1H3,(H3,20,21,24)/t12-/m0/s1. The molecule has 9 heteroatoms. The second-order valence-corrected chi connectivity index (χ2v) is 6.90. The highest BCUT2D eigenvalue weighted by molar-refractivity contribution is 6.00. The maximum atomic E-state index is 12.7. The summed E-state index contributed by atoms with van der Waals surface area (Å²) >= 11 is 0. The monoisotopic (exact) mass is 376 g/mol. The van der Waals surface area contributed by atoms with E-state index in [9.17, 15) is 4.79 Å². The Kier molecular flexibility index (Phi) is 4.56. The molecule has 1 fully saturated rings. The van der Waals surface area contributed by atoms with Gasteiger partial charge in [0.15, 0.2) is 5.65 Å². The van der Waals surface area contributed by atoms with Crippen molar-refractivity contribution in [2.45, 2.75) is 13.3 Å². The SMILES string of the molecule is C[C@H]1CCN(C(=O)c2cnc3c(cnn3-c3ccc(C(=N)NC=N)nc3)c2)C1. The number of likely N-dealkylation sites (tertiary alicyclic amines) is 1. The number of nitrogens with one attached hydrogen (secondary N) is 3. The average molecular weight is 376 g/mol. The summed E-state index contributed by atoms with van der Waals surface area (Å²) in [5.41, 5.74) is 2.32. The van der Waals surface area contributed by atoms with Crippen LogP contribution in [0.4, 0.5) is 0 Å². The van der Waals surface area contributed by atoms with Crippen molar-refractivity contribution in [2.24, 2.45) is 5.92 Å². The van der Waals surface area contributed by atoms with Crippen molar-refractivity contribution in [3.05, 3.63) is 48.0 Å². The highest BCUT2D eigenvalue weighted by Gasteiger charge is 2.24. The van der Waals surface area contributed by atoms with Gasteiger partial charge in [-0.2, -0.15) is 5.10 Å². The lowest BCUT2D eigenvalue weighted by Gasteiger charge is -2.15. The summed E-state index contributed by atoms with van der Waals surface area (Å²) in [4.78, 5) is 23.2. The molecular formula is C19H20N8O. The van der Waals surface area contributed by atoms with E-state index in [1.54, 1.807) is 35.4 Å². The van der Waals surface area contributed by atoms with Gasteiger partial charge in [-0.15, -0.1) is 0 Å². The van der Waals surface area contributed by atoms with Gasteiger partial charge in [0.25, 0.3) is 5.91 Å². The maximum Gasteiger partial charge on any atom is 0.255 e. The van der Waals surface area contributed by atoms with Crippen molar-refractivity contribution in [3.8, 4) is 5.69 Å². The Morgan fingerprint density at radius 1 is 1.29 bits per heavy atom. The first-order chi connectivity index (χ1) is 13.6. The Morgan fingerprint density at radius 3 is 2.82 bits per heavy atom. The highest BCUT2D eigenvalue weighted by Crippen LogP contribution is 2.21. The molecule has 4 heterocycles. The number of amidine groups is 1.